The Balaban J connectivity index is 1.65. The number of hydrogen-bond acceptors (Lipinski definition) is 6. The summed E-state index contributed by atoms with van der Waals surface area (Å²) in [6.45, 7) is 1.95. The van der Waals surface area contributed by atoms with E-state index in [4.69, 9.17) is 16.3 Å². The van der Waals surface area contributed by atoms with Crippen LogP contribution in [0.5, 0.6) is 0 Å². The number of rotatable bonds is 7. The standard InChI is InChI=1S/C16H18ClN3O3S/c17-16-20-9-12(24-16)8-18-10-3-4-14(13(6-10)15(21)22)19-7-11-2-1-5-23-11/h3-4,6,9,11,18-19H,1-2,5,7-8H2,(H,21,22). The van der Waals surface area contributed by atoms with E-state index in [-0.39, 0.29) is 11.7 Å². The first-order chi connectivity index (χ1) is 11.6. The number of aromatic nitrogens is 1. The fraction of sp³-hybridized carbons (Fsp3) is 0.375. The summed E-state index contributed by atoms with van der Waals surface area (Å²) in [6, 6.07) is 5.26. The molecule has 3 N–H and O–H groups in total. The molecule has 0 amide bonds. The first-order valence-corrected chi connectivity index (χ1v) is 8.88. The molecule has 0 bridgehead atoms. The van der Waals surface area contributed by atoms with Crippen LogP contribution in [0.1, 0.15) is 28.1 Å². The summed E-state index contributed by atoms with van der Waals surface area (Å²) >= 11 is 7.19. The van der Waals surface area contributed by atoms with Crippen LogP contribution in [-0.4, -0.2) is 35.3 Å². The van der Waals surface area contributed by atoms with E-state index in [2.05, 4.69) is 15.6 Å². The number of carboxylic acid groups (broad SMARTS) is 1. The molecule has 3 rings (SSSR count). The van der Waals surface area contributed by atoms with Crippen LogP contribution in [0, 0.1) is 0 Å². The molecule has 1 aliphatic heterocycles. The van der Waals surface area contributed by atoms with Gasteiger partial charge in [0, 0.05) is 35.6 Å². The number of aromatic carboxylic acids is 1. The molecule has 8 heteroatoms. The lowest BCUT2D eigenvalue weighted by atomic mass is 10.1. The van der Waals surface area contributed by atoms with Gasteiger partial charge in [0.15, 0.2) is 4.47 Å². The van der Waals surface area contributed by atoms with Crippen LogP contribution >= 0.6 is 22.9 Å². The van der Waals surface area contributed by atoms with Crippen LogP contribution in [0.3, 0.4) is 0 Å². The van der Waals surface area contributed by atoms with Crippen LogP contribution in [0.4, 0.5) is 11.4 Å². The molecule has 2 heterocycles. The zero-order valence-corrected chi connectivity index (χ0v) is 14.5. The highest BCUT2D eigenvalue weighted by molar-refractivity contribution is 7.15. The molecule has 2 aromatic rings. The highest BCUT2D eigenvalue weighted by atomic mass is 35.5. The van der Waals surface area contributed by atoms with E-state index < -0.39 is 5.97 Å². The molecule has 0 radical (unpaired) electrons. The van der Waals surface area contributed by atoms with Gasteiger partial charge in [-0.05, 0) is 31.0 Å². The van der Waals surface area contributed by atoms with E-state index in [0.29, 0.717) is 23.2 Å². The number of nitrogens with zero attached hydrogens (tertiary/aromatic N) is 1. The van der Waals surface area contributed by atoms with Crippen molar-refractivity contribution in [3.63, 3.8) is 0 Å². The number of thiazole rings is 1. The summed E-state index contributed by atoms with van der Waals surface area (Å²) < 4.78 is 6.04. The smallest absolute Gasteiger partial charge is 0.337 e. The van der Waals surface area contributed by atoms with Gasteiger partial charge in [-0.15, -0.1) is 11.3 Å². The number of benzene rings is 1. The first kappa shape index (κ1) is 17.0. The predicted molar refractivity (Wildman–Crippen MR) is 95.3 cm³/mol. The number of halogens is 1. The SMILES string of the molecule is O=C(O)c1cc(NCc2cnc(Cl)s2)ccc1NCC1CCCO1. The van der Waals surface area contributed by atoms with Crippen LogP contribution in [0.2, 0.25) is 4.47 Å². The van der Waals surface area contributed by atoms with E-state index >= 15 is 0 Å². The van der Waals surface area contributed by atoms with Crippen molar-refractivity contribution in [2.45, 2.75) is 25.5 Å². The lowest BCUT2D eigenvalue weighted by molar-refractivity contribution is 0.0697. The van der Waals surface area contributed by atoms with E-state index in [1.165, 1.54) is 11.3 Å². The van der Waals surface area contributed by atoms with Crippen molar-refractivity contribution in [3.8, 4) is 0 Å². The lowest BCUT2D eigenvalue weighted by Crippen LogP contribution is -2.19. The molecular formula is C16H18ClN3O3S. The maximum atomic E-state index is 11.5. The number of hydrogen-bond donors (Lipinski definition) is 3. The minimum Gasteiger partial charge on any atom is -0.478 e. The Morgan fingerprint density at radius 1 is 1.46 bits per heavy atom. The average molecular weight is 368 g/mol. The van der Waals surface area contributed by atoms with Crippen molar-refractivity contribution in [2.24, 2.45) is 0 Å². The zero-order valence-electron chi connectivity index (χ0n) is 12.9. The minimum atomic E-state index is -0.964. The van der Waals surface area contributed by atoms with Crippen LogP contribution in [-0.2, 0) is 11.3 Å². The van der Waals surface area contributed by atoms with Crippen LogP contribution in [0.25, 0.3) is 0 Å². The summed E-state index contributed by atoms with van der Waals surface area (Å²) in [5.74, 6) is -0.964. The van der Waals surface area contributed by atoms with Crippen molar-refractivity contribution in [1.29, 1.82) is 0 Å². The molecule has 1 atom stereocenters. The third kappa shape index (κ3) is 4.37. The Morgan fingerprint density at radius 2 is 2.33 bits per heavy atom. The Morgan fingerprint density at radius 3 is 3.00 bits per heavy atom. The highest BCUT2D eigenvalue weighted by Gasteiger charge is 2.17. The molecule has 1 unspecified atom stereocenters. The molecule has 1 fully saturated rings. The summed E-state index contributed by atoms with van der Waals surface area (Å²) in [6.07, 6.45) is 3.92. The van der Waals surface area contributed by atoms with Gasteiger partial charge in [-0.2, -0.15) is 0 Å². The molecule has 1 aromatic carbocycles. The number of ether oxygens (including phenoxy) is 1. The molecule has 24 heavy (non-hydrogen) atoms. The molecule has 6 nitrogen and oxygen atoms in total. The summed E-state index contributed by atoms with van der Waals surface area (Å²) in [5, 5.41) is 15.8. The topological polar surface area (TPSA) is 83.5 Å². The Hall–Kier alpha value is -1.83. The first-order valence-electron chi connectivity index (χ1n) is 7.69. The average Bonchev–Trinajstić information content (AvgIpc) is 3.22. The van der Waals surface area contributed by atoms with Gasteiger partial charge >= 0.3 is 5.97 Å². The third-order valence-corrected chi connectivity index (χ3v) is 4.90. The second kappa shape index (κ2) is 7.83. The summed E-state index contributed by atoms with van der Waals surface area (Å²) in [4.78, 5) is 16.5. The molecule has 0 spiro atoms. The van der Waals surface area contributed by atoms with E-state index in [1.807, 2.05) is 6.07 Å². The lowest BCUT2D eigenvalue weighted by Gasteiger charge is -2.15. The van der Waals surface area contributed by atoms with E-state index in [0.717, 1.165) is 30.0 Å². The summed E-state index contributed by atoms with van der Waals surface area (Å²) in [5.41, 5.74) is 1.57. The third-order valence-electron chi connectivity index (χ3n) is 3.79. The number of carboxylic acids is 1. The van der Waals surface area contributed by atoms with E-state index in [1.54, 1.807) is 18.3 Å². The van der Waals surface area contributed by atoms with Gasteiger partial charge in [0.1, 0.15) is 0 Å². The molecule has 1 aromatic heterocycles. The monoisotopic (exact) mass is 367 g/mol. The minimum absolute atomic E-state index is 0.153. The Kier molecular flexibility index (Phi) is 5.55. The van der Waals surface area contributed by atoms with Crippen molar-refractivity contribution in [2.75, 3.05) is 23.8 Å². The number of nitrogens with one attached hydrogen (secondary N) is 2. The Bertz CT molecular complexity index is 716. The van der Waals surface area contributed by atoms with Gasteiger partial charge in [-0.3, -0.25) is 0 Å². The van der Waals surface area contributed by atoms with E-state index in [9.17, 15) is 9.90 Å². The zero-order chi connectivity index (χ0) is 16.9. The molecule has 0 aliphatic carbocycles. The Labute approximate surface area is 148 Å². The predicted octanol–water partition coefficient (Wildman–Crippen LogP) is 3.70. The second-order valence-corrected chi connectivity index (χ2v) is 7.21. The largest absolute Gasteiger partial charge is 0.478 e. The maximum Gasteiger partial charge on any atom is 0.337 e. The highest BCUT2D eigenvalue weighted by Crippen LogP contribution is 2.24. The van der Waals surface area contributed by atoms with Crippen molar-refractivity contribution < 1.29 is 14.6 Å². The number of carbonyl (C=O) groups is 1. The second-order valence-electron chi connectivity index (χ2n) is 5.51. The van der Waals surface area contributed by atoms with Crippen molar-refractivity contribution in [3.05, 3.63) is 39.3 Å². The molecule has 128 valence electrons. The molecule has 0 saturated carbocycles. The van der Waals surface area contributed by atoms with Crippen molar-refractivity contribution >= 4 is 40.3 Å². The summed E-state index contributed by atoms with van der Waals surface area (Å²) in [7, 11) is 0. The normalized spacial score (nSPS) is 17.0. The van der Waals surface area contributed by atoms with Crippen molar-refractivity contribution in [1.82, 2.24) is 4.98 Å². The van der Waals surface area contributed by atoms with Gasteiger partial charge in [-0.1, -0.05) is 11.6 Å². The van der Waals surface area contributed by atoms with Gasteiger partial charge in [0.25, 0.3) is 0 Å². The molecule has 1 saturated heterocycles. The van der Waals surface area contributed by atoms with Gasteiger partial charge in [0.05, 0.1) is 18.2 Å². The number of anilines is 2. The molecule has 1 aliphatic rings. The maximum absolute atomic E-state index is 11.5. The fourth-order valence-corrected chi connectivity index (χ4v) is 3.49. The van der Waals surface area contributed by atoms with Gasteiger partial charge < -0.3 is 20.5 Å². The quantitative estimate of drug-likeness (QED) is 0.692. The molecular weight excluding hydrogens is 350 g/mol. The van der Waals surface area contributed by atoms with Gasteiger partial charge in [0.2, 0.25) is 0 Å². The fourth-order valence-electron chi connectivity index (χ4n) is 2.57. The van der Waals surface area contributed by atoms with Gasteiger partial charge in [-0.25, -0.2) is 9.78 Å². The van der Waals surface area contributed by atoms with Crippen LogP contribution in [0.15, 0.2) is 24.4 Å². The van der Waals surface area contributed by atoms with Crippen LogP contribution < -0.4 is 10.6 Å².